The SMILES string of the molecule is COc1cc(N)c(Cl)cc1C(=O)NCc1c(C)noc1C.Cl. The molecule has 8 heteroatoms. The highest BCUT2D eigenvalue weighted by atomic mass is 35.5. The highest BCUT2D eigenvalue weighted by molar-refractivity contribution is 6.33. The number of ether oxygens (including phenoxy) is 1. The number of nitrogens with two attached hydrogens (primary N) is 1. The summed E-state index contributed by atoms with van der Waals surface area (Å²) in [7, 11) is 1.47. The first-order valence-corrected chi connectivity index (χ1v) is 6.64. The fourth-order valence-corrected chi connectivity index (χ4v) is 2.10. The van der Waals surface area contributed by atoms with E-state index in [0.717, 1.165) is 11.3 Å². The van der Waals surface area contributed by atoms with E-state index in [1.54, 1.807) is 6.92 Å². The highest BCUT2D eigenvalue weighted by Gasteiger charge is 2.16. The van der Waals surface area contributed by atoms with Crippen molar-refractivity contribution in [2.24, 2.45) is 0 Å². The van der Waals surface area contributed by atoms with E-state index in [0.29, 0.717) is 34.3 Å². The number of carbonyl (C=O) groups excluding carboxylic acids is 1. The molecule has 2 rings (SSSR count). The standard InChI is InChI=1S/C14H16ClN3O3.ClH/c1-7-10(8(2)21-18-7)6-17-14(19)9-4-11(15)12(16)5-13(9)20-3;/h4-5H,6,16H2,1-3H3,(H,17,19);1H. The molecule has 0 bridgehead atoms. The molecule has 0 saturated heterocycles. The topological polar surface area (TPSA) is 90.4 Å². The highest BCUT2D eigenvalue weighted by Crippen LogP contribution is 2.28. The number of rotatable bonds is 4. The number of benzene rings is 1. The van der Waals surface area contributed by atoms with Gasteiger partial charge in [0.25, 0.3) is 5.91 Å². The predicted octanol–water partition coefficient (Wildman–Crippen LogP) is 2.89. The molecule has 22 heavy (non-hydrogen) atoms. The number of halogens is 2. The van der Waals surface area contributed by atoms with Crippen molar-refractivity contribution >= 4 is 35.6 Å². The van der Waals surface area contributed by atoms with Gasteiger partial charge in [-0.2, -0.15) is 0 Å². The van der Waals surface area contributed by atoms with Crippen LogP contribution < -0.4 is 15.8 Å². The molecule has 2 aromatic rings. The lowest BCUT2D eigenvalue weighted by Gasteiger charge is -2.11. The Kier molecular flexibility index (Phi) is 6.08. The Morgan fingerprint density at radius 1 is 1.45 bits per heavy atom. The molecule has 0 fully saturated rings. The molecule has 1 heterocycles. The van der Waals surface area contributed by atoms with Crippen LogP contribution in [-0.4, -0.2) is 18.2 Å². The summed E-state index contributed by atoms with van der Waals surface area (Å²) in [6.07, 6.45) is 0. The lowest BCUT2D eigenvalue weighted by molar-refractivity contribution is 0.0948. The van der Waals surface area contributed by atoms with E-state index in [2.05, 4.69) is 10.5 Å². The zero-order valence-corrected chi connectivity index (χ0v) is 14.0. The van der Waals surface area contributed by atoms with Crippen molar-refractivity contribution in [3.8, 4) is 5.75 Å². The molecule has 1 amide bonds. The smallest absolute Gasteiger partial charge is 0.255 e. The first-order chi connectivity index (χ1) is 9.93. The van der Waals surface area contributed by atoms with Gasteiger partial charge in [0.15, 0.2) is 0 Å². The van der Waals surface area contributed by atoms with Gasteiger partial charge < -0.3 is 20.3 Å². The van der Waals surface area contributed by atoms with Gasteiger partial charge >= 0.3 is 0 Å². The second-order valence-corrected chi connectivity index (χ2v) is 4.97. The number of nitrogens with zero attached hydrogens (tertiary/aromatic N) is 1. The summed E-state index contributed by atoms with van der Waals surface area (Å²) in [5.41, 5.74) is 7.97. The molecule has 0 radical (unpaired) electrons. The van der Waals surface area contributed by atoms with Crippen molar-refractivity contribution in [1.29, 1.82) is 0 Å². The number of nitrogens with one attached hydrogen (secondary N) is 1. The summed E-state index contributed by atoms with van der Waals surface area (Å²) in [5.74, 6) is 0.733. The molecule has 6 nitrogen and oxygen atoms in total. The number of hydrogen-bond donors (Lipinski definition) is 2. The van der Waals surface area contributed by atoms with Gasteiger partial charge in [-0.05, 0) is 19.9 Å². The fourth-order valence-electron chi connectivity index (χ4n) is 1.93. The number of amides is 1. The lowest BCUT2D eigenvalue weighted by atomic mass is 10.1. The van der Waals surface area contributed by atoms with Crippen LogP contribution >= 0.6 is 24.0 Å². The molecule has 0 atom stereocenters. The largest absolute Gasteiger partial charge is 0.496 e. The molecule has 1 aromatic heterocycles. The minimum absolute atomic E-state index is 0. The van der Waals surface area contributed by atoms with Gasteiger partial charge in [-0.25, -0.2) is 0 Å². The van der Waals surface area contributed by atoms with Crippen molar-refractivity contribution in [2.75, 3.05) is 12.8 Å². The number of methoxy groups -OCH3 is 1. The number of hydrogen-bond acceptors (Lipinski definition) is 5. The maximum atomic E-state index is 12.3. The fraction of sp³-hybridized carbons (Fsp3) is 0.286. The molecule has 0 aliphatic carbocycles. The molecule has 120 valence electrons. The van der Waals surface area contributed by atoms with Gasteiger partial charge in [0.05, 0.1) is 29.1 Å². The van der Waals surface area contributed by atoms with E-state index in [4.69, 9.17) is 26.6 Å². The summed E-state index contributed by atoms with van der Waals surface area (Å²) in [4.78, 5) is 12.3. The van der Waals surface area contributed by atoms with E-state index in [-0.39, 0.29) is 18.3 Å². The summed E-state index contributed by atoms with van der Waals surface area (Å²) in [5, 5.41) is 6.93. The average Bonchev–Trinajstić information content (AvgIpc) is 2.78. The quantitative estimate of drug-likeness (QED) is 0.831. The van der Waals surface area contributed by atoms with Crippen molar-refractivity contribution in [1.82, 2.24) is 10.5 Å². The van der Waals surface area contributed by atoms with Crippen molar-refractivity contribution in [3.05, 3.63) is 39.7 Å². The Morgan fingerprint density at radius 3 is 2.68 bits per heavy atom. The molecular formula is C14H17Cl2N3O3. The first-order valence-electron chi connectivity index (χ1n) is 6.27. The third kappa shape index (κ3) is 3.64. The van der Waals surface area contributed by atoms with Gasteiger partial charge in [0.2, 0.25) is 0 Å². The van der Waals surface area contributed by atoms with Gasteiger partial charge in [-0.15, -0.1) is 12.4 Å². The zero-order valence-electron chi connectivity index (χ0n) is 12.4. The van der Waals surface area contributed by atoms with Gasteiger partial charge in [-0.3, -0.25) is 4.79 Å². The van der Waals surface area contributed by atoms with Crippen molar-refractivity contribution in [2.45, 2.75) is 20.4 Å². The van der Waals surface area contributed by atoms with Crippen LogP contribution in [0.2, 0.25) is 5.02 Å². The van der Waals surface area contributed by atoms with E-state index in [9.17, 15) is 4.79 Å². The molecule has 0 aliphatic heterocycles. The minimum atomic E-state index is -0.311. The second kappa shape index (κ2) is 7.38. The average molecular weight is 346 g/mol. The lowest BCUT2D eigenvalue weighted by Crippen LogP contribution is -2.24. The summed E-state index contributed by atoms with van der Waals surface area (Å²) < 4.78 is 10.2. The maximum absolute atomic E-state index is 12.3. The second-order valence-electron chi connectivity index (χ2n) is 4.56. The third-order valence-electron chi connectivity index (χ3n) is 3.17. The van der Waals surface area contributed by atoms with Crippen LogP contribution in [0, 0.1) is 13.8 Å². The maximum Gasteiger partial charge on any atom is 0.255 e. The van der Waals surface area contributed by atoms with E-state index in [1.807, 2.05) is 6.92 Å². The monoisotopic (exact) mass is 345 g/mol. The van der Waals surface area contributed by atoms with Gasteiger partial charge in [0.1, 0.15) is 11.5 Å². The van der Waals surface area contributed by atoms with E-state index in [1.165, 1.54) is 19.2 Å². The Labute approximate surface area is 139 Å². The zero-order chi connectivity index (χ0) is 15.6. The Hall–Kier alpha value is -1.92. The number of aromatic nitrogens is 1. The Balaban J connectivity index is 0.00000242. The number of carbonyl (C=O) groups is 1. The number of nitrogen functional groups attached to an aromatic ring is 1. The van der Waals surface area contributed by atoms with E-state index >= 15 is 0 Å². The van der Waals surface area contributed by atoms with Crippen LogP contribution in [0.3, 0.4) is 0 Å². The molecule has 1 aromatic carbocycles. The van der Waals surface area contributed by atoms with E-state index < -0.39 is 0 Å². The van der Waals surface area contributed by atoms with Gasteiger partial charge in [-0.1, -0.05) is 16.8 Å². The van der Waals surface area contributed by atoms with Crippen LogP contribution in [0.5, 0.6) is 5.75 Å². The molecule has 0 spiro atoms. The normalized spacial score (nSPS) is 10.0. The number of aryl methyl sites for hydroxylation is 2. The van der Waals surface area contributed by atoms with Crippen LogP contribution in [0.15, 0.2) is 16.7 Å². The molecule has 0 aliphatic rings. The third-order valence-corrected chi connectivity index (χ3v) is 3.50. The minimum Gasteiger partial charge on any atom is -0.496 e. The summed E-state index contributed by atoms with van der Waals surface area (Å²) in [6.45, 7) is 3.92. The van der Waals surface area contributed by atoms with Crippen molar-refractivity contribution in [3.63, 3.8) is 0 Å². The van der Waals surface area contributed by atoms with Crippen molar-refractivity contribution < 1.29 is 14.1 Å². The van der Waals surface area contributed by atoms with Crippen LogP contribution in [-0.2, 0) is 6.54 Å². The molecular weight excluding hydrogens is 329 g/mol. The molecule has 0 unspecified atom stereocenters. The van der Waals surface area contributed by atoms with Gasteiger partial charge in [0, 0.05) is 18.2 Å². The van der Waals surface area contributed by atoms with Crippen LogP contribution in [0.4, 0.5) is 5.69 Å². The van der Waals surface area contributed by atoms with Crippen LogP contribution in [0.25, 0.3) is 0 Å². The first kappa shape index (κ1) is 18.1. The summed E-state index contributed by atoms with van der Waals surface area (Å²) in [6, 6.07) is 3.01. The summed E-state index contributed by atoms with van der Waals surface area (Å²) >= 11 is 5.95. The molecule has 0 saturated carbocycles. The Bertz CT molecular complexity index is 667. The Morgan fingerprint density at radius 2 is 2.14 bits per heavy atom. The number of anilines is 1. The van der Waals surface area contributed by atoms with Crippen LogP contribution in [0.1, 0.15) is 27.4 Å². The predicted molar refractivity (Wildman–Crippen MR) is 86.8 cm³/mol. The molecule has 3 N–H and O–H groups in total.